The van der Waals surface area contributed by atoms with Crippen LogP contribution in [0.2, 0.25) is 5.02 Å². The Morgan fingerprint density at radius 3 is 1.93 bits per heavy atom. The topological polar surface area (TPSA) is 493 Å². The van der Waals surface area contributed by atoms with Crippen molar-refractivity contribution in [3.05, 3.63) is 76.3 Å². The van der Waals surface area contributed by atoms with Crippen molar-refractivity contribution >= 4 is 167 Å². The smallest absolute Gasteiger partial charge is 0.296 e. The minimum atomic E-state index is -5.33. The number of nitrogens with zero attached hydrogens (tertiary/aromatic N) is 10. The molecule has 5 aromatic carbocycles. The van der Waals surface area contributed by atoms with E-state index in [2.05, 4.69) is 40.7 Å². The van der Waals surface area contributed by atoms with Gasteiger partial charge in [-0.15, -0.1) is 37.3 Å². The highest BCUT2D eigenvalue weighted by molar-refractivity contribution is 7.99. The van der Waals surface area contributed by atoms with Crippen LogP contribution in [0.15, 0.2) is 110 Å². The highest BCUT2D eigenvalue weighted by Crippen LogP contribution is 2.46. The third kappa shape index (κ3) is 13.9. The average molecular weight is 1330 g/mol. The number of nitriles is 1. The van der Waals surface area contributed by atoms with Crippen molar-refractivity contribution in [3.8, 4) is 23.4 Å². The molecule has 8 aromatic rings. The van der Waals surface area contributed by atoms with Crippen LogP contribution < -0.4 is 9.47 Å². The molecule has 7 N–H and O–H groups in total. The molecule has 444 valence electrons. The van der Waals surface area contributed by atoms with Gasteiger partial charge < -0.3 is 14.6 Å². The molecule has 0 aliphatic rings. The van der Waals surface area contributed by atoms with Gasteiger partial charge in [-0.2, -0.15) is 60.9 Å². The Morgan fingerprint density at radius 1 is 0.679 bits per heavy atom. The molecule has 0 saturated heterocycles. The molecule has 31 nitrogen and oxygen atoms in total. The highest BCUT2D eigenvalue weighted by atomic mass is 35.5. The van der Waals surface area contributed by atoms with Gasteiger partial charge in [-0.1, -0.05) is 22.9 Å². The van der Waals surface area contributed by atoms with Gasteiger partial charge in [-0.3, -0.25) is 31.7 Å². The maximum atomic E-state index is 12.6. The lowest BCUT2D eigenvalue weighted by Gasteiger charge is -2.12. The van der Waals surface area contributed by atoms with Gasteiger partial charge in [0, 0.05) is 39.4 Å². The Balaban J connectivity index is 1.21. The molecule has 0 saturated carbocycles. The van der Waals surface area contributed by atoms with Crippen LogP contribution in [-0.2, 0) is 60.7 Å². The molecule has 0 radical (unpaired) electrons. The minimum absolute atomic E-state index is 0.000357. The number of fused-ring (bicyclic) bond motifs is 6. The van der Waals surface area contributed by atoms with E-state index < -0.39 is 114 Å². The van der Waals surface area contributed by atoms with Crippen molar-refractivity contribution in [1.82, 2.24) is 14.4 Å². The first-order chi connectivity index (χ1) is 39.0. The predicted octanol–water partition coefficient (Wildman–Crippen LogP) is 9.37. The standard InChI is InChI=1S/C44H37ClN10O21S8/c1-20-10-30(51-53-38-21(2)26(19-46)42-47-32-11-22(75-3)12-37(84(72,73)74)40(32)55(42)43(38)56)33(76-6-4-8-79(57,58)59)17-28(20)49-52-31-16-27(45)29(18-34(31)77-7-5-9-80(60,61)62)50-54-44-48-39-36(83(69,70)71)15-24-25(41(39)78-44)13-23(81(63,64)65)14-35(24)82(66,67)68/h10-18,56H,4-9H2,1-3H3,(H,57,58,59)(H,60,61,62)(H,63,64,65)(H,66,67,68)(H,69,70,71)(H,72,73,74). The first-order valence-corrected chi connectivity index (χ1v) is 34.0. The number of rotatable bonds is 21. The van der Waals surface area contributed by atoms with Crippen molar-refractivity contribution in [3.63, 3.8) is 0 Å². The Morgan fingerprint density at radius 2 is 1.31 bits per heavy atom. The second-order valence-electron chi connectivity index (χ2n) is 17.5. The molecule has 0 bridgehead atoms. The zero-order valence-corrected chi connectivity index (χ0v) is 49.7. The SMILES string of the molecule is COc1cc(S(=O)(=O)O)c2c(c1)nc1c(C#N)c(C)c(N=Nc3cc(C)c(N=Nc4cc(Cl)c(N=Nc5nc6c(S(=O)(=O)O)cc7c(S(=O)(=O)O)cc(S(=O)(=O)O)cc7c6s5)cc4SCCCS(=O)(=O)O)cc3OCCCS(=O)(=O)O)c(O)n12. The first kappa shape index (κ1) is 63.0. The average Bonchev–Trinajstić information content (AvgIpc) is 1.52. The molecular formula is C44H37ClN10O21S8. The summed E-state index contributed by atoms with van der Waals surface area (Å²) in [5.74, 6) is -2.34. The number of halogens is 1. The number of thiazole rings is 1. The quantitative estimate of drug-likeness (QED) is 0.0152. The number of methoxy groups -OCH3 is 1. The van der Waals surface area contributed by atoms with E-state index in [9.17, 15) is 88.2 Å². The molecule has 0 unspecified atom stereocenters. The molecule has 8 rings (SSSR count). The Kier molecular flexibility index (Phi) is 17.6. The Labute approximate surface area is 487 Å². The second kappa shape index (κ2) is 23.5. The summed E-state index contributed by atoms with van der Waals surface area (Å²) in [7, 11) is -28.4. The summed E-state index contributed by atoms with van der Waals surface area (Å²) in [6.45, 7) is 2.55. The van der Waals surface area contributed by atoms with Gasteiger partial charge in [0.15, 0.2) is 11.3 Å². The molecule has 0 aliphatic carbocycles. The number of imidazole rings is 1. The Hall–Kier alpha value is -7.01. The molecule has 0 fully saturated rings. The van der Waals surface area contributed by atoms with E-state index >= 15 is 0 Å². The van der Waals surface area contributed by atoms with Crippen molar-refractivity contribution in [2.45, 2.75) is 51.2 Å². The van der Waals surface area contributed by atoms with Crippen LogP contribution in [0.5, 0.6) is 17.4 Å². The molecule has 0 atom stereocenters. The summed E-state index contributed by atoms with van der Waals surface area (Å²) in [5.41, 5.74) is -1.74. The van der Waals surface area contributed by atoms with Gasteiger partial charge in [0.1, 0.15) is 60.4 Å². The summed E-state index contributed by atoms with van der Waals surface area (Å²) >= 11 is 8.14. The number of benzene rings is 5. The van der Waals surface area contributed by atoms with E-state index in [4.69, 9.17) is 21.1 Å². The zero-order valence-electron chi connectivity index (χ0n) is 42.4. The molecule has 3 heterocycles. The van der Waals surface area contributed by atoms with Crippen LogP contribution in [0.4, 0.5) is 33.6 Å². The number of thioether (sulfide) groups is 1. The van der Waals surface area contributed by atoms with Crippen molar-refractivity contribution in [2.24, 2.45) is 30.7 Å². The fourth-order valence-corrected chi connectivity index (χ4v) is 14.0. The fourth-order valence-electron chi connectivity index (χ4n) is 7.97. The van der Waals surface area contributed by atoms with E-state index in [-0.39, 0.29) is 113 Å². The maximum absolute atomic E-state index is 12.6. The molecule has 40 heteroatoms. The normalized spacial score (nSPS) is 13.2. The van der Waals surface area contributed by atoms with Gasteiger partial charge in [0.05, 0.1) is 56.6 Å². The molecule has 0 amide bonds. The van der Waals surface area contributed by atoms with Crippen molar-refractivity contribution in [1.29, 1.82) is 5.26 Å². The molecule has 3 aromatic heterocycles. The fraction of sp³-hybridized carbons (Fsp3) is 0.205. The highest BCUT2D eigenvalue weighted by Gasteiger charge is 2.29. The number of pyridine rings is 1. The first-order valence-electron chi connectivity index (χ1n) is 22.8. The van der Waals surface area contributed by atoms with Gasteiger partial charge >= 0.3 is 0 Å². The zero-order chi connectivity index (χ0) is 61.8. The number of ether oxygens (including phenoxy) is 2. The van der Waals surface area contributed by atoms with Crippen LogP contribution >= 0.6 is 34.7 Å². The predicted molar refractivity (Wildman–Crippen MR) is 300 cm³/mol. The summed E-state index contributed by atoms with van der Waals surface area (Å²) < 4.78 is 216. The van der Waals surface area contributed by atoms with Gasteiger partial charge in [-0.25, -0.2) is 9.97 Å². The summed E-state index contributed by atoms with van der Waals surface area (Å²) in [6, 6.07) is 11.1. The molecule has 0 spiro atoms. The summed E-state index contributed by atoms with van der Waals surface area (Å²) in [4.78, 5) is 4.67. The van der Waals surface area contributed by atoms with Crippen molar-refractivity contribution < 1.29 is 92.4 Å². The lowest BCUT2D eigenvalue weighted by atomic mass is 10.1. The lowest BCUT2D eigenvalue weighted by molar-refractivity contribution is 0.317. The summed E-state index contributed by atoms with van der Waals surface area (Å²) in [6.07, 6.45) is -0.363. The van der Waals surface area contributed by atoms with Gasteiger partial charge in [-0.05, 0) is 74.4 Å². The van der Waals surface area contributed by atoms with Crippen LogP contribution in [-0.4, -0.2) is 128 Å². The van der Waals surface area contributed by atoms with E-state index in [1.54, 1.807) is 0 Å². The number of aromatic hydroxyl groups is 1. The molecule has 0 aliphatic heterocycles. The van der Waals surface area contributed by atoms with Crippen LogP contribution in [0.3, 0.4) is 0 Å². The number of azo groups is 3. The number of hydrogen-bond donors (Lipinski definition) is 7. The summed E-state index contributed by atoms with van der Waals surface area (Å²) in [5, 5.41) is 45.6. The minimum Gasteiger partial charge on any atom is -0.497 e. The third-order valence-electron chi connectivity index (χ3n) is 11.7. The molecular weight excluding hydrogens is 1300 g/mol. The van der Waals surface area contributed by atoms with E-state index in [0.29, 0.717) is 29.0 Å². The Bertz CT molecular complexity index is 4970. The van der Waals surface area contributed by atoms with E-state index in [1.165, 1.54) is 51.3 Å². The van der Waals surface area contributed by atoms with E-state index in [0.717, 1.165) is 28.3 Å². The van der Waals surface area contributed by atoms with Gasteiger partial charge in [0.25, 0.3) is 60.7 Å². The van der Waals surface area contributed by atoms with Crippen LogP contribution in [0, 0.1) is 25.2 Å². The van der Waals surface area contributed by atoms with E-state index in [1.807, 2.05) is 6.07 Å². The van der Waals surface area contributed by atoms with Crippen LogP contribution in [0.1, 0.15) is 29.5 Å². The number of hydrogen-bond acceptors (Lipinski definition) is 26. The third-order valence-corrected chi connectivity index (χ3v) is 19.2. The molecule has 84 heavy (non-hydrogen) atoms. The number of aromatic nitrogens is 3. The van der Waals surface area contributed by atoms with Crippen LogP contribution in [0.25, 0.3) is 37.7 Å². The maximum Gasteiger partial charge on any atom is 0.296 e. The largest absolute Gasteiger partial charge is 0.497 e. The lowest BCUT2D eigenvalue weighted by Crippen LogP contribution is -2.08. The second-order valence-corrected chi connectivity index (χ2v) is 28.7. The number of aryl methyl sites for hydroxylation is 1. The van der Waals surface area contributed by atoms with Gasteiger partial charge in [0.2, 0.25) is 11.0 Å². The van der Waals surface area contributed by atoms with Crippen molar-refractivity contribution in [2.75, 3.05) is 31.0 Å². The monoisotopic (exact) mass is 1330 g/mol.